The number of carbonyl (C=O) groups excluding carboxylic acids is 2. The van der Waals surface area contributed by atoms with Crippen molar-refractivity contribution >= 4 is 11.8 Å². The van der Waals surface area contributed by atoms with Crippen LogP contribution in [0.3, 0.4) is 0 Å². The Morgan fingerprint density at radius 3 is 2.49 bits per heavy atom. The molecule has 0 saturated heterocycles. The Balaban J connectivity index is 1.61. The van der Waals surface area contributed by atoms with E-state index in [1.54, 1.807) is 14.1 Å². The zero-order chi connectivity index (χ0) is 24.8. The summed E-state index contributed by atoms with van der Waals surface area (Å²) in [6, 6.07) is 17.3. The maximum absolute atomic E-state index is 13.6. The maximum atomic E-state index is 13.6. The van der Waals surface area contributed by atoms with Gasteiger partial charge in [-0.05, 0) is 50.3 Å². The van der Waals surface area contributed by atoms with Gasteiger partial charge in [0.1, 0.15) is 5.75 Å². The van der Waals surface area contributed by atoms with Crippen LogP contribution in [0.5, 0.6) is 5.75 Å². The summed E-state index contributed by atoms with van der Waals surface area (Å²) in [7, 11) is 3.40. The van der Waals surface area contributed by atoms with Gasteiger partial charge >= 0.3 is 0 Å². The molecule has 0 aliphatic heterocycles. The maximum Gasteiger partial charge on any atom is 0.272 e. The normalized spacial score (nSPS) is 13.9. The molecule has 2 amide bonds. The highest BCUT2D eigenvalue weighted by atomic mass is 16.5. The van der Waals surface area contributed by atoms with Crippen molar-refractivity contribution in [1.82, 2.24) is 20.0 Å². The van der Waals surface area contributed by atoms with Crippen LogP contribution in [0.2, 0.25) is 0 Å². The van der Waals surface area contributed by atoms with Crippen LogP contribution in [0.4, 0.5) is 0 Å². The van der Waals surface area contributed by atoms with E-state index in [1.165, 1.54) is 4.90 Å². The number of para-hydroxylation sites is 2. The van der Waals surface area contributed by atoms with E-state index < -0.39 is 0 Å². The standard InChI is InChI=1S/C28H34N4O3/c1-4-23(21-15-11-12-18-25(21)35-19-26(33)31(2)3)29-28(34)27-22-16-9-6-10-17-24(22)32(30-27)20-13-7-5-8-14-20/h5,7-8,11-15,18,23H,4,6,9-10,16-17,19H2,1-3H3,(H,29,34). The van der Waals surface area contributed by atoms with Crippen molar-refractivity contribution in [2.75, 3.05) is 20.7 Å². The van der Waals surface area contributed by atoms with Gasteiger partial charge in [-0.1, -0.05) is 49.7 Å². The summed E-state index contributed by atoms with van der Waals surface area (Å²) in [6.45, 7) is 1.97. The largest absolute Gasteiger partial charge is 0.483 e. The molecule has 1 aliphatic carbocycles. The van der Waals surface area contributed by atoms with Crippen LogP contribution >= 0.6 is 0 Å². The van der Waals surface area contributed by atoms with E-state index in [0.29, 0.717) is 17.9 Å². The summed E-state index contributed by atoms with van der Waals surface area (Å²) in [5.41, 5.74) is 4.52. The van der Waals surface area contributed by atoms with Crippen LogP contribution in [-0.4, -0.2) is 47.2 Å². The zero-order valence-corrected chi connectivity index (χ0v) is 20.8. The molecule has 3 aromatic rings. The summed E-state index contributed by atoms with van der Waals surface area (Å²) < 4.78 is 7.78. The molecule has 184 valence electrons. The first-order chi connectivity index (χ1) is 17.0. The molecule has 1 atom stereocenters. The molecular formula is C28H34N4O3. The monoisotopic (exact) mass is 474 g/mol. The predicted octanol–water partition coefficient (Wildman–Crippen LogP) is 4.49. The SMILES string of the molecule is CCC(NC(=O)c1nn(-c2ccccc2)c2c1CCCCC2)c1ccccc1OCC(=O)N(C)C. The quantitative estimate of drug-likeness (QED) is 0.488. The summed E-state index contributed by atoms with van der Waals surface area (Å²) in [5.74, 6) is 0.304. The van der Waals surface area contributed by atoms with Crippen LogP contribution in [0.25, 0.3) is 5.69 Å². The Bertz CT molecular complexity index is 1170. The number of hydrogen-bond donors (Lipinski definition) is 1. The highest BCUT2D eigenvalue weighted by Gasteiger charge is 2.27. The van der Waals surface area contributed by atoms with Gasteiger partial charge < -0.3 is 15.0 Å². The Labute approximate surface area is 207 Å². The lowest BCUT2D eigenvalue weighted by Gasteiger charge is -2.21. The molecule has 0 radical (unpaired) electrons. The van der Waals surface area contributed by atoms with Crippen molar-refractivity contribution in [3.05, 3.63) is 77.1 Å². The fourth-order valence-electron chi connectivity index (χ4n) is 4.54. The lowest BCUT2D eigenvalue weighted by molar-refractivity contribution is -0.130. The topological polar surface area (TPSA) is 76.5 Å². The number of ether oxygens (including phenoxy) is 1. The minimum absolute atomic E-state index is 0.0522. The second-order valence-electron chi connectivity index (χ2n) is 9.13. The van der Waals surface area contributed by atoms with Gasteiger partial charge in [0.2, 0.25) is 0 Å². The molecule has 1 N–H and O–H groups in total. The molecule has 0 spiro atoms. The molecule has 0 saturated carbocycles. The van der Waals surface area contributed by atoms with E-state index in [4.69, 9.17) is 9.84 Å². The van der Waals surface area contributed by atoms with E-state index in [0.717, 1.165) is 54.6 Å². The van der Waals surface area contributed by atoms with Crippen molar-refractivity contribution < 1.29 is 14.3 Å². The summed E-state index contributed by atoms with van der Waals surface area (Å²) in [6.07, 6.45) is 5.75. The summed E-state index contributed by atoms with van der Waals surface area (Å²) in [5, 5.41) is 8.00. The van der Waals surface area contributed by atoms with Crippen LogP contribution in [0, 0.1) is 0 Å². The summed E-state index contributed by atoms with van der Waals surface area (Å²) >= 11 is 0. The minimum Gasteiger partial charge on any atom is -0.483 e. The van der Waals surface area contributed by atoms with Gasteiger partial charge in [-0.25, -0.2) is 4.68 Å². The number of carbonyl (C=O) groups is 2. The molecule has 1 aromatic heterocycles. The number of likely N-dealkylation sites (N-methyl/N-ethyl adjacent to an activating group) is 1. The minimum atomic E-state index is -0.267. The first-order valence-corrected chi connectivity index (χ1v) is 12.4. The van der Waals surface area contributed by atoms with E-state index in [9.17, 15) is 9.59 Å². The molecular weight excluding hydrogens is 440 g/mol. The smallest absolute Gasteiger partial charge is 0.272 e. The number of aromatic nitrogens is 2. The van der Waals surface area contributed by atoms with Gasteiger partial charge in [-0.2, -0.15) is 5.10 Å². The third-order valence-corrected chi connectivity index (χ3v) is 6.50. The number of benzene rings is 2. The van der Waals surface area contributed by atoms with Gasteiger partial charge in [0.05, 0.1) is 11.7 Å². The van der Waals surface area contributed by atoms with Crippen molar-refractivity contribution in [1.29, 1.82) is 0 Å². The molecule has 7 nitrogen and oxygen atoms in total. The Kier molecular flexibility index (Phi) is 7.85. The zero-order valence-electron chi connectivity index (χ0n) is 20.8. The second-order valence-corrected chi connectivity index (χ2v) is 9.13. The average Bonchev–Trinajstić information content (AvgIpc) is 3.07. The number of amides is 2. The van der Waals surface area contributed by atoms with Gasteiger partial charge in [0.25, 0.3) is 11.8 Å². The van der Waals surface area contributed by atoms with Gasteiger partial charge in [-0.15, -0.1) is 0 Å². The molecule has 1 heterocycles. The third kappa shape index (κ3) is 5.56. The lowest BCUT2D eigenvalue weighted by Crippen LogP contribution is -2.30. The van der Waals surface area contributed by atoms with Crippen molar-refractivity contribution in [3.8, 4) is 11.4 Å². The Hall–Kier alpha value is -3.61. The molecule has 1 aliphatic rings. The first kappa shape index (κ1) is 24.5. The lowest BCUT2D eigenvalue weighted by atomic mass is 10.0. The van der Waals surface area contributed by atoms with Gasteiger partial charge in [0, 0.05) is 30.9 Å². The number of rotatable bonds is 8. The number of hydrogen-bond acceptors (Lipinski definition) is 4. The number of nitrogens with one attached hydrogen (secondary N) is 1. The molecule has 2 aromatic carbocycles. The first-order valence-electron chi connectivity index (χ1n) is 12.4. The molecule has 35 heavy (non-hydrogen) atoms. The number of fused-ring (bicyclic) bond motifs is 1. The molecule has 4 rings (SSSR count). The highest BCUT2D eigenvalue weighted by Crippen LogP contribution is 2.30. The fraction of sp³-hybridized carbons (Fsp3) is 0.393. The van der Waals surface area contributed by atoms with Gasteiger partial charge in [-0.3, -0.25) is 9.59 Å². The van der Waals surface area contributed by atoms with Crippen LogP contribution < -0.4 is 10.1 Å². The average molecular weight is 475 g/mol. The molecule has 0 bridgehead atoms. The number of nitrogens with zero attached hydrogens (tertiary/aromatic N) is 3. The van der Waals surface area contributed by atoms with Crippen LogP contribution in [-0.2, 0) is 17.6 Å². The van der Waals surface area contributed by atoms with Crippen molar-refractivity contribution in [2.45, 2.75) is 51.5 Å². The summed E-state index contributed by atoms with van der Waals surface area (Å²) in [4.78, 5) is 27.1. The Morgan fingerprint density at radius 2 is 1.74 bits per heavy atom. The van der Waals surface area contributed by atoms with Crippen molar-refractivity contribution in [2.24, 2.45) is 0 Å². The van der Waals surface area contributed by atoms with Gasteiger partial charge in [0.15, 0.2) is 12.3 Å². The molecule has 7 heteroatoms. The Morgan fingerprint density at radius 1 is 1.03 bits per heavy atom. The van der Waals surface area contributed by atoms with E-state index >= 15 is 0 Å². The molecule has 0 fully saturated rings. The third-order valence-electron chi connectivity index (χ3n) is 6.50. The van der Waals surface area contributed by atoms with Crippen LogP contribution in [0.15, 0.2) is 54.6 Å². The molecule has 1 unspecified atom stereocenters. The van der Waals surface area contributed by atoms with Crippen molar-refractivity contribution in [3.63, 3.8) is 0 Å². The predicted molar refractivity (Wildman–Crippen MR) is 136 cm³/mol. The van der Waals surface area contributed by atoms with E-state index in [-0.39, 0.29) is 24.5 Å². The van der Waals surface area contributed by atoms with Crippen LogP contribution in [0.1, 0.15) is 66.0 Å². The fourth-order valence-corrected chi connectivity index (χ4v) is 4.54. The highest BCUT2D eigenvalue weighted by molar-refractivity contribution is 5.94. The van der Waals surface area contributed by atoms with E-state index in [2.05, 4.69) is 5.32 Å². The van der Waals surface area contributed by atoms with E-state index in [1.807, 2.05) is 66.2 Å². The second kappa shape index (κ2) is 11.2.